The quantitative estimate of drug-likeness (QED) is 0.741. The van der Waals surface area contributed by atoms with Crippen LogP contribution in [-0.2, 0) is 0 Å². The molecule has 0 aliphatic rings. The van der Waals surface area contributed by atoms with Crippen molar-refractivity contribution < 1.29 is 14.6 Å². The number of rotatable bonds is 7. The molecule has 1 aromatic heterocycles. The topological polar surface area (TPSA) is 46.5 Å². The third-order valence-corrected chi connectivity index (χ3v) is 3.29. The molecule has 0 unspecified atom stereocenters. The van der Waals surface area contributed by atoms with Gasteiger partial charge in [-0.05, 0) is 19.4 Å². The van der Waals surface area contributed by atoms with E-state index in [4.69, 9.17) is 9.84 Å². The zero-order valence-corrected chi connectivity index (χ0v) is 10.6. The van der Waals surface area contributed by atoms with E-state index in [1.54, 1.807) is 6.07 Å². The van der Waals surface area contributed by atoms with Crippen LogP contribution in [-0.4, -0.2) is 17.7 Å². The first-order valence-corrected chi connectivity index (χ1v) is 6.43. The van der Waals surface area contributed by atoms with Gasteiger partial charge in [-0.25, -0.2) is 4.79 Å². The summed E-state index contributed by atoms with van der Waals surface area (Å²) in [5, 5.41) is 8.95. The molecule has 0 amide bonds. The van der Waals surface area contributed by atoms with Gasteiger partial charge in [-0.3, -0.25) is 0 Å². The lowest BCUT2D eigenvalue weighted by atomic mass is 10.2. The van der Waals surface area contributed by atoms with Gasteiger partial charge in [0.05, 0.1) is 6.61 Å². The molecule has 0 aliphatic heterocycles. The van der Waals surface area contributed by atoms with E-state index in [-0.39, 0.29) is 0 Å². The lowest BCUT2D eigenvalue weighted by molar-refractivity contribution is 0.0698. The molecule has 1 aromatic rings. The molecule has 0 spiro atoms. The number of hydrogen-bond acceptors (Lipinski definition) is 3. The van der Waals surface area contributed by atoms with Gasteiger partial charge in [0.25, 0.3) is 0 Å². The normalized spacial score (nSPS) is 10.4. The molecule has 1 N–H and O–H groups in total. The Bertz CT molecular complexity index is 344. The molecular weight excluding hydrogens is 224 g/mol. The Labute approximate surface area is 100 Å². The minimum absolute atomic E-state index is 0.313. The van der Waals surface area contributed by atoms with Crippen LogP contribution in [0.25, 0.3) is 0 Å². The first-order chi connectivity index (χ1) is 7.65. The van der Waals surface area contributed by atoms with Crippen molar-refractivity contribution >= 4 is 17.3 Å². The average Bonchev–Trinajstić information content (AvgIpc) is 2.59. The summed E-state index contributed by atoms with van der Waals surface area (Å²) in [6.07, 6.45) is 4.53. The van der Waals surface area contributed by atoms with E-state index in [1.165, 1.54) is 24.2 Å². The number of unbranched alkanes of at least 4 members (excludes halogenated alkanes) is 3. The van der Waals surface area contributed by atoms with Crippen molar-refractivity contribution in [1.82, 2.24) is 0 Å². The van der Waals surface area contributed by atoms with Gasteiger partial charge < -0.3 is 9.84 Å². The summed E-state index contributed by atoms with van der Waals surface area (Å²) in [4.78, 5) is 12.2. The van der Waals surface area contributed by atoms with E-state index in [0.717, 1.165) is 17.7 Å². The van der Waals surface area contributed by atoms with Crippen molar-refractivity contribution in [3.8, 4) is 5.75 Å². The highest BCUT2D eigenvalue weighted by Gasteiger charge is 2.14. The molecule has 0 aromatic carbocycles. The van der Waals surface area contributed by atoms with Crippen LogP contribution in [0.4, 0.5) is 0 Å². The van der Waals surface area contributed by atoms with Crippen molar-refractivity contribution in [2.24, 2.45) is 0 Å². The summed E-state index contributed by atoms with van der Waals surface area (Å²) in [5.41, 5.74) is 0. The predicted molar refractivity (Wildman–Crippen MR) is 65.7 cm³/mol. The summed E-state index contributed by atoms with van der Waals surface area (Å²) in [6, 6.07) is 1.80. The molecule has 0 saturated carbocycles. The molecule has 1 heterocycles. The van der Waals surface area contributed by atoms with Gasteiger partial charge in [-0.2, -0.15) is 0 Å². The Morgan fingerprint density at radius 3 is 2.81 bits per heavy atom. The first-order valence-electron chi connectivity index (χ1n) is 5.61. The molecule has 0 bridgehead atoms. The van der Waals surface area contributed by atoms with Crippen LogP contribution in [0.2, 0.25) is 0 Å². The second kappa shape index (κ2) is 6.53. The summed E-state index contributed by atoms with van der Waals surface area (Å²) >= 11 is 1.27. The highest BCUT2D eigenvalue weighted by Crippen LogP contribution is 2.28. The zero-order chi connectivity index (χ0) is 12.0. The van der Waals surface area contributed by atoms with Crippen LogP contribution in [0.5, 0.6) is 5.75 Å². The van der Waals surface area contributed by atoms with Crippen molar-refractivity contribution in [3.05, 3.63) is 15.8 Å². The molecule has 0 saturated heterocycles. The maximum atomic E-state index is 10.9. The van der Waals surface area contributed by atoms with Crippen LogP contribution >= 0.6 is 11.3 Å². The van der Waals surface area contributed by atoms with E-state index < -0.39 is 5.97 Å². The molecule has 0 fully saturated rings. The summed E-state index contributed by atoms with van der Waals surface area (Å²) < 4.78 is 5.50. The number of hydrogen-bond donors (Lipinski definition) is 1. The lowest BCUT2D eigenvalue weighted by Crippen LogP contribution is -2.01. The fourth-order valence-electron chi connectivity index (χ4n) is 1.46. The van der Waals surface area contributed by atoms with Crippen molar-refractivity contribution in [3.63, 3.8) is 0 Å². The third kappa shape index (κ3) is 3.85. The average molecular weight is 242 g/mol. The van der Waals surface area contributed by atoms with Crippen molar-refractivity contribution in [2.45, 2.75) is 39.5 Å². The number of carboxylic acids is 1. The SMILES string of the molecule is CCCCCCOc1cc(C)sc1C(=O)O. The Kier molecular flexibility index (Phi) is 5.32. The minimum Gasteiger partial charge on any atom is -0.492 e. The Morgan fingerprint density at radius 2 is 2.19 bits per heavy atom. The Hall–Kier alpha value is -1.03. The summed E-state index contributed by atoms with van der Waals surface area (Å²) in [6.45, 7) is 4.66. The van der Waals surface area contributed by atoms with Crippen molar-refractivity contribution in [2.75, 3.05) is 6.61 Å². The fourth-order valence-corrected chi connectivity index (χ4v) is 2.25. The first kappa shape index (κ1) is 13.0. The van der Waals surface area contributed by atoms with Gasteiger partial charge in [0.2, 0.25) is 0 Å². The molecule has 1 rings (SSSR count). The van der Waals surface area contributed by atoms with Crippen molar-refractivity contribution in [1.29, 1.82) is 0 Å². The zero-order valence-electron chi connectivity index (χ0n) is 9.78. The van der Waals surface area contributed by atoms with E-state index in [1.807, 2.05) is 6.92 Å². The number of aryl methyl sites for hydroxylation is 1. The predicted octanol–water partition coefficient (Wildman–Crippen LogP) is 3.71. The van der Waals surface area contributed by atoms with E-state index >= 15 is 0 Å². The molecular formula is C12H18O3S. The lowest BCUT2D eigenvalue weighted by Gasteiger charge is -2.04. The van der Waals surface area contributed by atoms with Crippen LogP contribution in [0.3, 0.4) is 0 Å². The van der Waals surface area contributed by atoms with E-state index in [0.29, 0.717) is 17.2 Å². The Morgan fingerprint density at radius 1 is 1.44 bits per heavy atom. The molecule has 0 aliphatic carbocycles. The smallest absolute Gasteiger partial charge is 0.349 e. The molecule has 0 atom stereocenters. The largest absolute Gasteiger partial charge is 0.492 e. The van der Waals surface area contributed by atoms with Crippen LogP contribution < -0.4 is 4.74 Å². The van der Waals surface area contributed by atoms with Gasteiger partial charge >= 0.3 is 5.97 Å². The van der Waals surface area contributed by atoms with Gasteiger partial charge in [-0.1, -0.05) is 26.2 Å². The standard InChI is InChI=1S/C12H18O3S/c1-3-4-5-6-7-15-10-8-9(2)16-11(10)12(13)14/h8H,3-7H2,1-2H3,(H,13,14). The maximum Gasteiger partial charge on any atom is 0.349 e. The van der Waals surface area contributed by atoms with Gasteiger partial charge in [-0.15, -0.1) is 11.3 Å². The highest BCUT2D eigenvalue weighted by molar-refractivity contribution is 7.14. The van der Waals surface area contributed by atoms with E-state index in [9.17, 15) is 4.79 Å². The number of carbonyl (C=O) groups is 1. The summed E-state index contributed by atoms with van der Waals surface area (Å²) in [7, 11) is 0. The molecule has 0 radical (unpaired) electrons. The second-order valence-electron chi connectivity index (χ2n) is 3.76. The fraction of sp³-hybridized carbons (Fsp3) is 0.583. The number of aromatic carboxylic acids is 1. The maximum absolute atomic E-state index is 10.9. The minimum atomic E-state index is -0.901. The molecule has 90 valence electrons. The van der Waals surface area contributed by atoms with Gasteiger partial charge in [0.1, 0.15) is 5.75 Å². The number of ether oxygens (including phenoxy) is 1. The number of carboxylic acid groups (broad SMARTS) is 1. The molecule has 16 heavy (non-hydrogen) atoms. The second-order valence-corrected chi connectivity index (χ2v) is 5.02. The van der Waals surface area contributed by atoms with Crippen LogP contribution in [0, 0.1) is 6.92 Å². The number of thiophene rings is 1. The van der Waals surface area contributed by atoms with E-state index in [2.05, 4.69) is 6.92 Å². The molecule has 4 heteroatoms. The monoisotopic (exact) mass is 242 g/mol. The van der Waals surface area contributed by atoms with Gasteiger partial charge in [0.15, 0.2) is 4.88 Å². The highest BCUT2D eigenvalue weighted by atomic mass is 32.1. The van der Waals surface area contributed by atoms with Gasteiger partial charge in [0, 0.05) is 4.88 Å². The van der Waals surface area contributed by atoms with Crippen LogP contribution in [0.1, 0.15) is 47.2 Å². The summed E-state index contributed by atoms with van der Waals surface area (Å²) in [5.74, 6) is -0.381. The van der Waals surface area contributed by atoms with Crippen LogP contribution in [0.15, 0.2) is 6.07 Å². The third-order valence-electron chi connectivity index (χ3n) is 2.27. The Balaban J connectivity index is 2.44. The molecule has 3 nitrogen and oxygen atoms in total.